The largest absolute Gasteiger partial charge is 0.505 e. The van der Waals surface area contributed by atoms with E-state index in [0.29, 0.717) is 11.7 Å². The Morgan fingerprint density at radius 2 is 2.14 bits per heavy atom. The van der Waals surface area contributed by atoms with Crippen molar-refractivity contribution < 1.29 is 24.2 Å². The van der Waals surface area contributed by atoms with Gasteiger partial charge in [-0.25, -0.2) is 14.6 Å². The number of rotatable bonds is 4. The lowest BCUT2D eigenvalue weighted by Crippen LogP contribution is -2.28. The zero-order valence-corrected chi connectivity index (χ0v) is 11.1. The number of hydrogen-bond donors (Lipinski definition) is 4. The summed E-state index contributed by atoms with van der Waals surface area (Å²) in [7, 11) is 0. The minimum atomic E-state index is -1.29. The number of nitrogens with zero attached hydrogens (tertiary/aromatic N) is 1. The van der Waals surface area contributed by atoms with Crippen LogP contribution < -0.4 is 10.6 Å². The number of carboxylic acids is 1. The van der Waals surface area contributed by atoms with E-state index in [1.807, 2.05) is 0 Å². The van der Waals surface area contributed by atoms with E-state index in [4.69, 9.17) is 9.52 Å². The Kier molecular flexibility index (Phi) is 4.07. The third kappa shape index (κ3) is 3.50. The Labute approximate surface area is 119 Å². The molecule has 0 bridgehead atoms. The molecule has 0 saturated carbocycles. The molecule has 1 aromatic carbocycles. The van der Waals surface area contributed by atoms with Gasteiger partial charge in [-0.15, -0.1) is 0 Å². The number of para-hydroxylation sites is 1. The lowest BCUT2D eigenvalue weighted by atomic mass is 10.2. The highest BCUT2D eigenvalue weighted by atomic mass is 16.4. The molecule has 0 aliphatic rings. The SMILES string of the molecule is Cc1cnc(CNC(=O)Nc2cccc(C(=O)O)c2O)o1. The van der Waals surface area contributed by atoms with E-state index >= 15 is 0 Å². The van der Waals surface area contributed by atoms with E-state index in [9.17, 15) is 14.7 Å². The highest BCUT2D eigenvalue weighted by Crippen LogP contribution is 2.27. The number of aromatic nitrogens is 1. The number of amides is 2. The van der Waals surface area contributed by atoms with Gasteiger partial charge in [0.2, 0.25) is 5.89 Å². The number of hydrogen-bond acceptors (Lipinski definition) is 5. The molecule has 8 heteroatoms. The van der Waals surface area contributed by atoms with Gasteiger partial charge < -0.3 is 25.3 Å². The Hall–Kier alpha value is -3.03. The highest BCUT2D eigenvalue weighted by Gasteiger charge is 2.14. The third-order valence-electron chi connectivity index (χ3n) is 2.58. The molecular weight excluding hydrogens is 278 g/mol. The second kappa shape index (κ2) is 5.95. The topological polar surface area (TPSA) is 125 Å². The number of aromatic carboxylic acids is 1. The summed E-state index contributed by atoms with van der Waals surface area (Å²) in [4.78, 5) is 26.5. The van der Waals surface area contributed by atoms with Gasteiger partial charge >= 0.3 is 12.0 Å². The van der Waals surface area contributed by atoms with E-state index < -0.39 is 17.7 Å². The second-order valence-corrected chi connectivity index (χ2v) is 4.18. The predicted octanol–water partition coefficient (Wildman–Crippen LogP) is 1.71. The van der Waals surface area contributed by atoms with Crippen LogP contribution in [0.5, 0.6) is 5.75 Å². The van der Waals surface area contributed by atoms with Crippen LogP contribution in [0, 0.1) is 6.92 Å². The summed E-state index contributed by atoms with van der Waals surface area (Å²) in [6.45, 7) is 1.80. The number of oxazole rings is 1. The number of urea groups is 1. The van der Waals surface area contributed by atoms with Crippen molar-refractivity contribution in [1.29, 1.82) is 0 Å². The molecule has 2 amide bonds. The van der Waals surface area contributed by atoms with Crippen molar-refractivity contribution in [2.45, 2.75) is 13.5 Å². The minimum absolute atomic E-state index is 0.00372. The fourth-order valence-corrected chi connectivity index (χ4v) is 1.62. The van der Waals surface area contributed by atoms with Crippen molar-refractivity contribution >= 4 is 17.7 Å². The fraction of sp³-hybridized carbons (Fsp3) is 0.154. The maximum Gasteiger partial charge on any atom is 0.339 e. The van der Waals surface area contributed by atoms with E-state index in [1.54, 1.807) is 6.92 Å². The van der Waals surface area contributed by atoms with E-state index in [0.717, 1.165) is 0 Å². The lowest BCUT2D eigenvalue weighted by Gasteiger charge is -2.09. The summed E-state index contributed by atoms with van der Waals surface area (Å²) in [5, 5.41) is 23.4. The van der Waals surface area contributed by atoms with Crippen LogP contribution in [0.1, 0.15) is 22.0 Å². The van der Waals surface area contributed by atoms with Crippen LogP contribution in [-0.4, -0.2) is 27.2 Å². The summed E-state index contributed by atoms with van der Waals surface area (Å²) in [5.41, 5.74) is -0.299. The Morgan fingerprint density at radius 3 is 2.76 bits per heavy atom. The first-order chi connectivity index (χ1) is 9.97. The number of aryl methyl sites for hydroxylation is 1. The maximum atomic E-state index is 11.7. The van der Waals surface area contributed by atoms with Crippen LogP contribution in [0.4, 0.5) is 10.5 Å². The normalized spacial score (nSPS) is 10.1. The summed E-state index contributed by atoms with van der Waals surface area (Å²) in [5.74, 6) is -0.830. The molecule has 2 aromatic rings. The first-order valence-corrected chi connectivity index (χ1v) is 5.99. The molecule has 1 heterocycles. The zero-order valence-electron chi connectivity index (χ0n) is 11.1. The molecule has 8 nitrogen and oxygen atoms in total. The molecule has 2 rings (SSSR count). The van der Waals surface area contributed by atoms with Crippen LogP contribution in [0.25, 0.3) is 0 Å². The average molecular weight is 291 g/mol. The predicted molar refractivity (Wildman–Crippen MR) is 72.2 cm³/mol. The van der Waals surface area contributed by atoms with Crippen LogP contribution in [-0.2, 0) is 6.54 Å². The second-order valence-electron chi connectivity index (χ2n) is 4.18. The summed E-state index contributed by atoms with van der Waals surface area (Å²) >= 11 is 0. The molecule has 0 spiro atoms. The number of phenols is 1. The molecule has 0 saturated heterocycles. The monoisotopic (exact) mass is 291 g/mol. The van der Waals surface area contributed by atoms with Gasteiger partial charge in [-0.05, 0) is 19.1 Å². The summed E-state index contributed by atoms with van der Waals surface area (Å²) in [6, 6.07) is 3.41. The molecule has 0 aliphatic carbocycles. The van der Waals surface area contributed by atoms with Gasteiger partial charge in [0.05, 0.1) is 18.4 Å². The lowest BCUT2D eigenvalue weighted by molar-refractivity contribution is 0.0693. The molecule has 0 radical (unpaired) electrons. The van der Waals surface area contributed by atoms with Gasteiger partial charge in [0.1, 0.15) is 11.3 Å². The fourth-order valence-electron chi connectivity index (χ4n) is 1.62. The van der Waals surface area contributed by atoms with Crippen LogP contribution >= 0.6 is 0 Å². The Balaban J connectivity index is 1.99. The number of carbonyl (C=O) groups excluding carboxylic acids is 1. The molecule has 110 valence electrons. The highest BCUT2D eigenvalue weighted by molar-refractivity contribution is 5.97. The van der Waals surface area contributed by atoms with Gasteiger partial charge in [0.25, 0.3) is 0 Å². The smallest absolute Gasteiger partial charge is 0.339 e. The van der Waals surface area contributed by atoms with Crippen molar-refractivity contribution in [3.8, 4) is 5.75 Å². The van der Waals surface area contributed by atoms with E-state index in [-0.39, 0.29) is 17.8 Å². The van der Waals surface area contributed by atoms with Crippen molar-refractivity contribution in [3.05, 3.63) is 41.6 Å². The Morgan fingerprint density at radius 1 is 1.38 bits per heavy atom. The van der Waals surface area contributed by atoms with Gasteiger partial charge in [-0.1, -0.05) is 6.07 Å². The Bertz CT molecular complexity index is 680. The third-order valence-corrected chi connectivity index (χ3v) is 2.58. The number of carbonyl (C=O) groups is 2. The first-order valence-electron chi connectivity index (χ1n) is 5.99. The quantitative estimate of drug-likeness (QED) is 0.635. The molecule has 21 heavy (non-hydrogen) atoms. The minimum Gasteiger partial charge on any atom is -0.505 e. The number of aromatic hydroxyl groups is 1. The maximum absolute atomic E-state index is 11.7. The average Bonchev–Trinajstić information content (AvgIpc) is 2.84. The van der Waals surface area contributed by atoms with E-state index in [2.05, 4.69) is 15.6 Å². The molecule has 0 unspecified atom stereocenters. The van der Waals surface area contributed by atoms with Crippen LogP contribution in [0.2, 0.25) is 0 Å². The van der Waals surface area contributed by atoms with Gasteiger partial charge in [0.15, 0.2) is 5.75 Å². The molecule has 1 aromatic heterocycles. The number of nitrogens with one attached hydrogen (secondary N) is 2. The molecule has 4 N–H and O–H groups in total. The summed E-state index contributed by atoms with van der Waals surface area (Å²) in [6.07, 6.45) is 1.52. The van der Waals surface area contributed by atoms with Crippen LogP contribution in [0.3, 0.4) is 0 Å². The standard InChI is InChI=1S/C13H13N3O5/c1-7-5-14-10(21-7)6-15-13(20)16-9-4-2-3-8(11(9)17)12(18)19/h2-5,17H,6H2,1H3,(H,18,19)(H2,15,16,20). The molecule has 0 fully saturated rings. The molecule has 0 atom stereocenters. The number of carboxylic acid groups (broad SMARTS) is 1. The number of benzene rings is 1. The van der Waals surface area contributed by atoms with Gasteiger partial charge in [0, 0.05) is 0 Å². The molecular formula is C13H13N3O5. The molecule has 0 aliphatic heterocycles. The summed E-state index contributed by atoms with van der Waals surface area (Å²) < 4.78 is 5.18. The number of anilines is 1. The van der Waals surface area contributed by atoms with Gasteiger partial charge in [-0.3, -0.25) is 0 Å². The van der Waals surface area contributed by atoms with Crippen molar-refractivity contribution in [2.75, 3.05) is 5.32 Å². The van der Waals surface area contributed by atoms with Crippen molar-refractivity contribution in [1.82, 2.24) is 10.3 Å². The van der Waals surface area contributed by atoms with Crippen molar-refractivity contribution in [2.24, 2.45) is 0 Å². The zero-order chi connectivity index (χ0) is 15.4. The van der Waals surface area contributed by atoms with Crippen LogP contribution in [0.15, 0.2) is 28.8 Å². The van der Waals surface area contributed by atoms with Crippen molar-refractivity contribution in [3.63, 3.8) is 0 Å². The first kappa shape index (κ1) is 14.4. The van der Waals surface area contributed by atoms with Gasteiger partial charge in [-0.2, -0.15) is 0 Å². The van der Waals surface area contributed by atoms with E-state index in [1.165, 1.54) is 24.4 Å².